The van der Waals surface area contributed by atoms with E-state index in [-0.39, 0.29) is 0 Å². The highest BCUT2D eigenvalue weighted by atomic mass is 15.2. The van der Waals surface area contributed by atoms with Gasteiger partial charge in [0.1, 0.15) is 0 Å². The van der Waals surface area contributed by atoms with E-state index in [1.54, 1.807) is 0 Å². The van der Waals surface area contributed by atoms with Gasteiger partial charge in [-0.3, -0.25) is 0 Å². The molecule has 2 atom stereocenters. The molecule has 18 heavy (non-hydrogen) atoms. The molecule has 0 aromatic heterocycles. The van der Waals surface area contributed by atoms with Crippen molar-refractivity contribution in [2.45, 2.75) is 39.7 Å². The van der Waals surface area contributed by atoms with E-state index in [0.717, 1.165) is 12.5 Å². The topological polar surface area (TPSA) is 18.5 Å². The third-order valence-electron chi connectivity index (χ3n) is 4.54. The van der Waals surface area contributed by atoms with Gasteiger partial charge in [-0.1, -0.05) is 20.8 Å². The molecule has 0 spiro atoms. The zero-order chi connectivity index (χ0) is 13.2. The fourth-order valence-corrected chi connectivity index (χ4v) is 3.34. The molecule has 0 amide bonds. The zero-order valence-corrected chi connectivity index (χ0v) is 12.7. The van der Waals surface area contributed by atoms with Gasteiger partial charge < -0.3 is 15.1 Å². The number of hydrogen-bond acceptors (Lipinski definition) is 3. The minimum atomic E-state index is 0.377. The van der Waals surface area contributed by atoms with Gasteiger partial charge in [-0.2, -0.15) is 0 Å². The summed E-state index contributed by atoms with van der Waals surface area (Å²) >= 11 is 0. The first-order chi connectivity index (χ1) is 8.45. The number of nitrogens with one attached hydrogen (secondary N) is 1. The van der Waals surface area contributed by atoms with Crippen molar-refractivity contribution < 1.29 is 0 Å². The molecule has 0 bridgehead atoms. The summed E-state index contributed by atoms with van der Waals surface area (Å²) in [6.45, 7) is 14.6. The van der Waals surface area contributed by atoms with Gasteiger partial charge in [-0.15, -0.1) is 0 Å². The standard InChI is InChI=1S/C15H31N3/c1-15(2,3)14-12-18(9-7-16-14)11-13-6-5-8-17(4)10-13/h13-14,16H,5-12H2,1-4H3. The van der Waals surface area contributed by atoms with Gasteiger partial charge in [0.15, 0.2) is 0 Å². The lowest BCUT2D eigenvalue weighted by atomic mass is 9.85. The van der Waals surface area contributed by atoms with E-state index >= 15 is 0 Å². The predicted molar refractivity (Wildman–Crippen MR) is 77.9 cm³/mol. The van der Waals surface area contributed by atoms with Crippen LogP contribution in [0.1, 0.15) is 33.6 Å². The third kappa shape index (κ3) is 3.94. The van der Waals surface area contributed by atoms with Gasteiger partial charge in [0.2, 0.25) is 0 Å². The second-order valence-corrected chi connectivity index (χ2v) is 7.40. The number of piperidine rings is 1. The van der Waals surface area contributed by atoms with Crippen LogP contribution in [0.5, 0.6) is 0 Å². The Morgan fingerprint density at radius 3 is 2.61 bits per heavy atom. The maximum absolute atomic E-state index is 3.68. The van der Waals surface area contributed by atoms with Gasteiger partial charge in [0.05, 0.1) is 0 Å². The van der Waals surface area contributed by atoms with Crippen LogP contribution in [0.3, 0.4) is 0 Å². The Labute approximate surface area is 113 Å². The van der Waals surface area contributed by atoms with Gasteiger partial charge in [0, 0.05) is 38.8 Å². The van der Waals surface area contributed by atoms with Crippen LogP contribution in [0.2, 0.25) is 0 Å². The monoisotopic (exact) mass is 253 g/mol. The lowest BCUT2D eigenvalue weighted by molar-refractivity contribution is 0.0976. The molecular formula is C15H31N3. The fourth-order valence-electron chi connectivity index (χ4n) is 3.34. The van der Waals surface area contributed by atoms with Gasteiger partial charge in [0.25, 0.3) is 0 Å². The second kappa shape index (κ2) is 5.89. The summed E-state index contributed by atoms with van der Waals surface area (Å²) in [6.07, 6.45) is 2.81. The molecule has 0 radical (unpaired) electrons. The highest BCUT2D eigenvalue weighted by Crippen LogP contribution is 2.23. The van der Waals surface area contributed by atoms with Crippen molar-refractivity contribution in [2.24, 2.45) is 11.3 Å². The number of hydrogen-bond donors (Lipinski definition) is 1. The van der Waals surface area contributed by atoms with Crippen LogP contribution in [0, 0.1) is 11.3 Å². The average molecular weight is 253 g/mol. The summed E-state index contributed by atoms with van der Waals surface area (Å²) < 4.78 is 0. The van der Waals surface area contributed by atoms with E-state index in [1.807, 2.05) is 0 Å². The molecule has 2 fully saturated rings. The number of rotatable bonds is 2. The number of piperazine rings is 1. The minimum Gasteiger partial charge on any atom is -0.311 e. The fraction of sp³-hybridized carbons (Fsp3) is 1.00. The molecule has 106 valence electrons. The van der Waals surface area contributed by atoms with Crippen molar-refractivity contribution in [3.8, 4) is 0 Å². The van der Waals surface area contributed by atoms with Crippen LogP contribution in [0.15, 0.2) is 0 Å². The lowest BCUT2D eigenvalue weighted by Crippen LogP contribution is -2.57. The molecule has 0 aromatic carbocycles. The van der Waals surface area contributed by atoms with Crippen molar-refractivity contribution in [3.63, 3.8) is 0 Å². The van der Waals surface area contributed by atoms with E-state index in [0.29, 0.717) is 11.5 Å². The first-order valence-corrected chi connectivity index (χ1v) is 7.59. The molecule has 2 aliphatic rings. The molecule has 2 unspecified atom stereocenters. The average Bonchev–Trinajstić information content (AvgIpc) is 2.28. The molecular weight excluding hydrogens is 222 g/mol. The van der Waals surface area contributed by atoms with Gasteiger partial charge >= 0.3 is 0 Å². The Balaban J connectivity index is 1.82. The maximum Gasteiger partial charge on any atom is 0.0244 e. The summed E-state index contributed by atoms with van der Waals surface area (Å²) in [5.41, 5.74) is 0.377. The summed E-state index contributed by atoms with van der Waals surface area (Å²) in [4.78, 5) is 5.19. The highest BCUT2D eigenvalue weighted by molar-refractivity contribution is 4.88. The van der Waals surface area contributed by atoms with Gasteiger partial charge in [-0.25, -0.2) is 0 Å². The summed E-state index contributed by atoms with van der Waals surface area (Å²) in [5, 5.41) is 3.68. The van der Waals surface area contributed by atoms with Crippen molar-refractivity contribution >= 4 is 0 Å². The Morgan fingerprint density at radius 2 is 1.94 bits per heavy atom. The molecule has 2 saturated heterocycles. The Kier molecular flexibility index (Phi) is 4.68. The van der Waals surface area contributed by atoms with Crippen molar-refractivity contribution in [1.82, 2.24) is 15.1 Å². The Bertz CT molecular complexity index is 259. The normalized spacial score (nSPS) is 32.7. The Hall–Kier alpha value is -0.120. The van der Waals surface area contributed by atoms with E-state index in [9.17, 15) is 0 Å². The molecule has 2 aliphatic heterocycles. The Morgan fingerprint density at radius 1 is 1.17 bits per heavy atom. The molecule has 2 rings (SSSR count). The lowest BCUT2D eigenvalue weighted by Gasteiger charge is -2.42. The summed E-state index contributed by atoms with van der Waals surface area (Å²) in [5.74, 6) is 0.891. The quantitative estimate of drug-likeness (QED) is 0.807. The van der Waals surface area contributed by atoms with E-state index in [1.165, 1.54) is 45.6 Å². The van der Waals surface area contributed by atoms with Crippen molar-refractivity contribution in [1.29, 1.82) is 0 Å². The SMILES string of the molecule is CN1CCCC(CN2CCNC(C(C)(C)C)C2)C1. The molecule has 0 saturated carbocycles. The molecule has 3 heteroatoms. The smallest absolute Gasteiger partial charge is 0.0244 e. The molecule has 0 aliphatic carbocycles. The predicted octanol–water partition coefficient (Wildman–Crippen LogP) is 1.65. The van der Waals surface area contributed by atoms with E-state index in [2.05, 4.69) is 42.9 Å². The molecule has 0 aromatic rings. The first kappa shape index (κ1) is 14.3. The van der Waals surface area contributed by atoms with Crippen LogP contribution in [0.4, 0.5) is 0 Å². The second-order valence-electron chi connectivity index (χ2n) is 7.40. The zero-order valence-electron chi connectivity index (χ0n) is 12.7. The third-order valence-corrected chi connectivity index (χ3v) is 4.54. The van der Waals surface area contributed by atoms with E-state index in [4.69, 9.17) is 0 Å². The maximum atomic E-state index is 3.68. The summed E-state index contributed by atoms with van der Waals surface area (Å²) in [6, 6.07) is 0.646. The van der Waals surface area contributed by atoms with Crippen LogP contribution < -0.4 is 5.32 Å². The van der Waals surface area contributed by atoms with Crippen LogP contribution in [0.25, 0.3) is 0 Å². The van der Waals surface area contributed by atoms with Crippen LogP contribution in [-0.2, 0) is 0 Å². The molecule has 1 N–H and O–H groups in total. The minimum absolute atomic E-state index is 0.377. The first-order valence-electron chi connectivity index (χ1n) is 7.59. The molecule has 3 nitrogen and oxygen atoms in total. The molecule has 2 heterocycles. The number of likely N-dealkylation sites (tertiary alicyclic amines) is 1. The van der Waals surface area contributed by atoms with Crippen molar-refractivity contribution in [3.05, 3.63) is 0 Å². The van der Waals surface area contributed by atoms with Crippen LogP contribution >= 0.6 is 0 Å². The largest absolute Gasteiger partial charge is 0.311 e. The van der Waals surface area contributed by atoms with Crippen molar-refractivity contribution in [2.75, 3.05) is 46.3 Å². The van der Waals surface area contributed by atoms with Crippen LogP contribution in [-0.4, -0.2) is 62.2 Å². The summed E-state index contributed by atoms with van der Waals surface area (Å²) in [7, 11) is 2.27. The highest BCUT2D eigenvalue weighted by Gasteiger charge is 2.30. The number of nitrogens with zero attached hydrogens (tertiary/aromatic N) is 2. The van der Waals surface area contributed by atoms with Gasteiger partial charge in [-0.05, 0) is 37.8 Å². The van der Waals surface area contributed by atoms with E-state index < -0.39 is 0 Å².